The lowest BCUT2D eigenvalue weighted by Crippen LogP contribution is -2.01. The number of para-hydroxylation sites is 1. The van der Waals surface area contributed by atoms with Crippen LogP contribution in [0.5, 0.6) is 11.5 Å². The molecule has 0 radical (unpaired) electrons. The van der Waals surface area contributed by atoms with E-state index in [1.807, 2.05) is 42.5 Å². The predicted octanol–water partition coefficient (Wildman–Crippen LogP) is 3.65. The van der Waals surface area contributed by atoms with Crippen molar-refractivity contribution in [3.8, 4) is 11.5 Å². The number of rotatable bonds is 7. The van der Waals surface area contributed by atoms with Crippen LogP contribution in [0.1, 0.15) is 11.1 Å². The van der Waals surface area contributed by atoms with Crippen molar-refractivity contribution in [3.05, 3.63) is 63.9 Å². The number of methoxy groups -OCH3 is 1. The number of hydrogen-bond acceptors (Lipinski definition) is 5. The maximum Gasteiger partial charge on any atom is 0.165 e. The van der Waals surface area contributed by atoms with E-state index in [0.29, 0.717) is 35.6 Å². The topological polar surface area (TPSA) is 87.0 Å². The van der Waals surface area contributed by atoms with Crippen molar-refractivity contribution >= 4 is 17.5 Å². The van der Waals surface area contributed by atoms with Crippen molar-refractivity contribution in [2.24, 2.45) is 0 Å². The first-order valence-electron chi connectivity index (χ1n) is 7.20. The van der Waals surface area contributed by atoms with Crippen LogP contribution in [0.15, 0.2) is 42.5 Å². The third kappa shape index (κ3) is 3.94. The first-order valence-corrected chi connectivity index (χ1v) is 7.58. The average Bonchev–Trinajstić information content (AvgIpc) is 3.13. The summed E-state index contributed by atoms with van der Waals surface area (Å²) in [7, 11) is 1.60. The molecule has 0 unspecified atom stereocenters. The normalized spacial score (nSPS) is 10.4. The lowest BCUT2D eigenvalue weighted by atomic mass is 10.1. The zero-order valence-electron chi connectivity index (χ0n) is 12.9. The number of ether oxygens (including phenoxy) is 2. The van der Waals surface area contributed by atoms with Crippen molar-refractivity contribution in [2.45, 2.75) is 13.2 Å². The van der Waals surface area contributed by atoms with E-state index in [-0.39, 0.29) is 0 Å². The van der Waals surface area contributed by atoms with E-state index in [0.717, 1.165) is 11.1 Å². The molecule has 0 amide bonds. The van der Waals surface area contributed by atoms with Crippen LogP contribution in [0.3, 0.4) is 0 Å². The van der Waals surface area contributed by atoms with E-state index in [1.54, 1.807) is 7.11 Å². The number of hydrogen-bond donors (Lipinski definition) is 1. The second-order valence-corrected chi connectivity index (χ2v) is 5.33. The Bertz CT molecular complexity index is 778. The Morgan fingerprint density at radius 3 is 2.71 bits per heavy atom. The molecular formula is C16H15ClN5O2-. The van der Waals surface area contributed by atoms with Gasteiger partial charge in [-0.25, -0.2) is 0 Å². The van der Waals surface area contributed by atoms with E-state index < -0.39 is 0 Å². The van der Waals surface area contributed by atoms with Crippen LogP contribution in [0.2, 0.25) is 5.02 Å². The third-order valence-corrected chi connectivity index (χ3v) is 3.55. The van der Waals surface area contributed by atoms with Crippen LogP contribution in [-0.2, 0) is 13.2 Å². The fourth-order valence-electron chi connectivity index (χ4n) is 2.13. The lowest BCUT2D eigenvalue weighted by molar-refractivity contribution is 0.282. The molecule has 1 aromatic heterocycles. The van der Waals surface area contributed by atoms with Gasteiger partial charge in [0, 0.05) is 17.1 Å². The highest BCUT2D eigenvalue weighted by atomic mass is 35.5. The molecule has 1 heterocycles. The average molecular weight is 345 g/mol. The molecule has 24 heavy (non-hydrogen) atoms. The Morgan fingerprint density at radius 2 is 2.00 bits per heavy atom. The van der Waals surface area contributed by atoms with Crippen molar-refractivity contribution in [1.82, 2.24) is 20.6 Å². The van der Waals surface area contributed by atoms with E-state index in [2.05, 4.69) is 25.9 Å². The fourth-order valence-corrected chi connectivity index (χ4v) is 2.25. The molecule has 0 fully saturated rings. The maximum atomic E-state index is 5.96. The summed E-state index contributed by atoms with van der Waals surface area (Å²) in [5.41, 5.74) is 1.87. The molecule has 0 aliphatic carbocycles. The second-order valence-electron chi connectivity index (χ2n) is 4.89. The minimum atomic E-state index is 0.293. The summed E-state index contributed by atoms with van der Waals surface area (Å²) in [5.74, 6) is 1.58. The molecule has 0 saturated heterocycles. The molecule has 0 aliphatic heterocycles. The number of benzene rings is 2. The molecule has 2 aromatic carbocycles. The summed E-state index contributed by atoms with van der Waals surface area (Å²) in [6.45, 7) is 0.749. The number of tetrazole rings is 1. The van der Waals surface area contributed by atoms with Crippen molar-refractivity contribution in [2.75, 3.05) is 7.11 Å². The van der Waals surface area contributed by atoms with Gasteiger partial charge in [-0.15, -0.1) is 5.21 Å². The van der Waals surface area contributed by atoms with Gasteiger partial charge in [0.05, 0.1) is 13.1 Å². The molecule has 7 nitrogen and oxygen atoms in total. The number of aromatic amines is 1. The summed E-state index contributed by atoms with van der Waals surface area (Å²) in [4.78, 5) is 0. The van der Waals surface area contributed by atoms with E-state index >= 15 is 0 Å². The molecule has 0 spiro atoms. The first kappa shape index (κ1) is 16.1. The summed E-state index contributed by atoms with van der Waals surface area (Å²) in [5, 5.41) is 18.4. The van der Waals surface area contributed by atoms with Crippen LogP contribution in [-0.4, -0.2) is 27.7 Å². The highest BCUT2D eigenvalue weighted by molar-refractivity contribution is 6.30. The Labute approximate surface area is 143 Å². The van der Waals surface area contributed by atoms with Crippen molar-refractivity contribution in [1.29, 1.82) is 0 Å². The van der Waals surface area contributed by atoms with Gasteiger partial charge in [0.25, 0.3) is 0 Å². The zero-order valence-corrected chi connectivity index (χ0v) is 13.7. The molecule has 124 valence electrons. The molecule has 0 saturated carbocycles. The first-order chi connectivity index (χ1) is 11.8. The SMILES string of the molecule is COc1cccc(C[N-]c2nn[nH]n2)c1OCc1ccc(Cl)cc1. The van der Waals surface area contributed by atoms with Gasteiger partial charge in [0.2, 0.25) is 0 Å². The van der Waals surface area contributed by atoms with Crippen LogP contribution in [0.25, 0.3) is 5.32 Å². The molecule has 0 aliphatic rings. The van der Waals surface area contributed by atoms with Gasteiger partial charge < -0.3 is 14.8 Å². The minimum absolute atomic E-state index is 0.293. The number of nitrogens with zero attached hydrogens (tertiary/aromatic N) is 4. The van der Waals surface area contributed by atoms with Crippen LogP contribution in [0, 0.1) is 0 Å². The predicted molar refractivity (Wildman–Crippen MR) is 89.7 cm³/mol. The number of nitrogens with one attached hydrogen (secondary N) is 1. The molecule has 0 bridgehead atoms. The number of H-pyrrole nitrogens is 1. The molecule has 8 heteroatoms. The maximum absolute atomic E-state index is 5.96. The van der Waals surface area contributed by atoms with Gasteiger partial charge >= 0.3 is 0 Å². The Hall–Kier alpha value is -2.80. The summed E-state index contributed by atoms with van der Waals surface area (Å²) in [6, 6.07) is 13.1. The molecule has 0 atom stereocenters. The van der Waals surface area contributed by atoms with Gasteiger partial charge in [-0.1, -0.05) is 35.9 Å². The van der Waals surface area contributed by atoms with Gasteiger partial charge in [0.15, 0.2) is 11.5 Å². The summed E-state index contributed by atoms with van der Waals surface area (Å²) in [6.07, 6.45) is 0. The standard InChI is InChI=1S/C16H15ClN5O2/c1-23-14-4-2-3-12(9-18-16-19-21-22-20-16)15(14)24-10-11-5-7-13(17)8-6-11/h2-8H,9-10H2,1H3,(H-,18,19,20,21,22)/q-1. The van der Waals surface area contributed by atoms with Crippen molar-refractivity contribution in [3.63, 3.8) is 0 Å². The highest BCUT2D eigenvalue weighted by Gasteiger charge is 2.10. The third-order valence-electron chi connectivity index (χ3n) is 3.30. The lowest BCUT2D eigenvalue weighted by Gasteiger charge is -2.16. The van der Waals surface area contributed by atoms with Gasteiger partial charge in [-0.05, 0) is 23.8 Å². The number of aromatic nitrogens is 4. The largest absolute Gasteiger partial charge is 0.493 e. The Balaban J connectivity index is 1.75. The monoisotopic (exact) mass is 344 g/mol. The van der Waals surface area contributed by atoms with Gasteiger partial charge in [-0.3, -0.25) is 15.4 Å². The summed E-state index contributed by atoms with van der Waals surface area (Å²) < 4.78 is 11.4. The Morgan fingerprint density at radius 1 is 1.17 bits per heavy atom. The minimum Gasteiger partial charge on any atom is -0.493 e. The second kappa shape index (κ2) is 7.65. The van der Waals surface area contributed by atoms with Crippen LogP contribution < -0.4 is 9.47 Å². The molecule has 3 aromatic rings. The fraction of sp³-hybridized carbons (Fsp3) is 0.188. The van der Waals surface area contributed by atoms with Crippen molar-refractivity contribution < 1.29 is 9.47 Å². The highest BCUT2D eigenvalue weighted by Crippen LogP contribution is 2.33. The van der Waals surface area contributed by atoms with E-state index in [9.17, 15) is 0 Å². The van der Waals surface area contributed by atoms with Gasteiger partial charge in [0.1, 0.15) is 6.61 Å². The van der Waals surface area contributed by atoms with E-state index in [1.165, 1.54) is 0 Å². The molecule has 1 N–H and O–H groups in total. The van der Waals surface area contributed by atoms with Crippen LogP contribution >= 0.6 is 11.6 Å². The van der Waals surface area contributed by atoms with E-state index in [4.69, 9.17) is 21.1 Å². The quantitative estimate of drug-likeness (QED) is 0.707. The molecule has 3 rings (SSSR count). The molecular weight excluding hydrogens is 330 g/mol. The smallest absolute Gasteiger partial charge is 0.165 e. The number of halogens is 1. The van der Waals surface area contributed by atoms with Crippen LogP contribution in [0.4, 0.5) is 5.95 Å². The van der Waals surface area contributed by atoms with Gasteiger partial charge in [-0.2, -0.15) is 0 Å². The summed E-state index contributed by atoms with van der Waals surface area (Å²) >= 11 is 5.90. The Kier molecular flexibility index (Phi) is 5.12. The zero-order chi connectivity index (χ0) is 16.8.